The molecule has 1 heterocycles. The molecule has 0 bridgehead atoms. The van der Waals surface area contributed by atoms with Crippen LogP contribution in [0.5, 0.6) is 0 Å². The normalized spacial score (nSPS) is 18.9. The smallest absolute Gasteiger partial charge is 0.328 e. The van der Waals surface area contributed by atoms with E-state index in [-0.39, 0.29) is 19.0 Å². The number of carboxylic acid groups (broad SMARTS) is 1. The van der Waals surface area contributed by atoms with Gasteiger partial charge in [-0.15, -0.1) is 0 Å². The number of benzene rings is 1. The molecule has 100 valence electrons. The highest BCUT2D eigenvalue weighted by Gasteiger charge is 2.35. The number of carbonyl (C=O) groups is 3. The molecule has 19 heavy (non-hydrogen) atoms. The predicted molar refractivity (Wildman–Crippen MR) is 66.6 cm³/mol. The second kappa shape index (κ2) is 5.09. The van der Waals surface area contributed by atoms with E-state index in [1.165, 1.54) is 0 Å². The van der Waals surface area contributed by atoms with Crippen LogP contribution in [0.25, 0.3) is 0 Å². The highest BCUT2D eigenvalue weighted by Crippen LogP contribution is 2.12. The summed E-state index contributed by atoms with van der Waals surface area (Å²) in [6, 6.07) is 5.83. The van der Waals surface area contributed by atoms with Gasteiger partial charge in [-0.1, -0.05) is 17.7 Å². The van der Waals surface area contributed by atoms with Crippen molar-refractivity contribution in [3.05, 3.63) is 35.4 Å². The van der Waals surface area contributed by atoms with E-state index in [9.17, 15) is 14.4 Å². The van der Waals surface area contributed by atoms with Crippen molar-refractivity contribution in [1.82, 2.24) is 10.2 Å². The Bertz CT molecular complexity index is 541. The van der Waals surface area contributed by atoms with Gasteiger partial charge >= 0.3 is 5.97 Å². The molecule has 0 saturated carbocycles. The maximum absolute atomic E-state index is 12.3. The van der Waals surface area contributed by atoms with Gasteiger partial charge in [-0.3, -0.25) is 9.59 Å². The Morgan fingerprint density at radius 3 is 2.79 bits per heavy atom. The molecule has 2 rings (SSSR count). The summed E-state index contributed by atoms with van der Waals surface area (Å²) in [5.74, 6) is -1.91. The molecule has 1 unspecified atom stereocenters. The van der Waals surface area contributed by atoms with Crippen LogP contribution in [0.2, 0.25) is 0 Å². The van der Waals surface area contributed by atoms with E-state index in [1.54, 1.807) is 18.2 Å². The fourth-order valence-corrected chi connectivity index (χ4v) is 2.02. The summed E-state index contributed by atoms with van der Waals surface area (Å²) in [5, 5.41) is 11.5. The lowest BCUT2D eigenvalue weighted by molar-refractivity contribution is -0.144. The lowest BCUT2D eigenvalue weighted by Crippen LogP contribution is -2.59. The van der Waals surface area contributed by atoms with Gasteiger partial charge in [0, 0.05) is 12.1 Å². The number of aryl methyl sites for hydroxylation is 1. The lowest BCUT2D eigenvalue weighted by Gasteiger charge is -2.32. The van der Waals surface area contributed by atoms with Crippen LogP contribution in [-0.4, -0.2) is 46.9 Å². The molecule has 1 fully saturated rings. The van der Waals surface area contributed by atoms with Crippen molar-refractivity contribution in [1.29, 1.82) is 0 Å². The Morgan fingerprint density at radius 1 is 1.42 bits per heavy atom. The average molecular weight is 262 g/mol. The van der Waals surface area contributed by atoms with Crippen molar-refractivity contribution in [3.63, 3.8) is 0 Å². The zero-order valence-corrected chi connectivity index (χ0v) is 10.4. The number of nitrogens with one attached hydrogen (secondary N) is 1. The van der Waals surface area contributed by atoms with Gasteiger partial charge in [0.25, 0.3) is 5.91 Å². The molecule has 6 nitrogen and oxygen atoms in total. The second-order valence-electron chi connectivity index (χ2n) is 4.46. The van der Waals surface area contributed by atoms with Gasteiger partial charge in [0.15, 0.2) is 0 Å². The van der Waals surface area contributed by atoms with Crippen LogP contribution < -0.4 is 5.32 Å². The molecule has 6 heteroatoms. The standard InChI is InChI=1S/C13H14N2O4/c1-8-3-2-4-9(5-8)12(17)15-7-11(16)14-6-10(15)13(18)19/h2-5,10H,6-7H2,1H3,(H,14,16)(H,18,19). The van der Waals surface area contributed by atoms with Gasteiger partial charge in [-0.25, -0.2) is 4.79 Å². The molecule has 1 aromatic rings. The SMILES string of the molecule is Cc1cccc(C(=O)N2CC(=O)NCC2C(=O)O)c1. The average Bonchev–Trinajstić information content (AvgIpc) is 2.37. The van der Waals surface area contributed by atoms with Gasteiger partial charge in [0.2, 0.25) is 5.91 Å². The number of rotatable bonds is 2. The summed E-state index contributed by atoms with van der Waals surface area (Å²) in [5.41, 5.74) is 1.29. The summed E-state index contributed by atoms with van der Waals surface area (Å²) in [6.45, 7) is 1.55. The van der Waals surface area contributed by atoms with Crippen LogP contribution >= 0.6 is 0 Å². The zero-order chi connectivity index (χ0) is 14.0. The van der Waals surface area contributed by atoms with Crippen molar-refractivity contribution in [2.45, 2.75) is 13.0 Å². The van der Waals surface area contributed by atoms with E-state index >= 15 is 0 Å². The van der Waals surface area contributed by atoms with E-state index in [1.807, 2.05) is 13.0 Å². The van der Waals surface area contributed by atoms with Crippen LogP contribution in [0.4, 0.5) is 0 Å². The van der Waals surface area contributed by atoms with Gasteiger partial charge in [0.05, 0.1) is 0 Å². The quantitative estimate of drug-likeness (QED) is 0.786. The molecule has 0 aliphatic carbocycles. The van der Waals surface area contributed by atoms with E-state index in [2.05, 4.69) is 5.32 Å². The molecule has 0 aromatic heterocycles. The van der Waals surface area contributed by atoms with Gasteiger partial charge in [-0.2, -0.15) is 0 Å². The van der Waals surface area contributed by atoms with E-state index in [4.69, 9.17) is 5.11 Å². The minimum atomic E-state index is -1.12. The molecular weight excluding hydrogens is 248 g/mol. The number of carboxylic acids is 1. The Kier molecular flexibility index (Phi) is 3.50. The maximum Gasteiger partial charge on any atom is 0.328 e. The Balaban J connectivity index is 2.28. The number of hydrogen-bond donors (Lipinski definition) is 2. The van der Waals surface area contributed by atoms with Crippen molar-refractivity contribution >= 4 is 17.8 Å². The zero-order valence-electron chi connectivity index (χ0n) is 10.4. The summed E-state index contributed by atoms with van der Waals surface area (Å²) in [7, 11) is 0. The molecule has 1 atom stereocenters. The van der Waals surface area contributed by atoms with Crippen molar-refractivity contribution < 1.29 is 19.5 Å². The largest absolute Gasteiger partial charge is 0.480 e. The highest BCUT2D eigenvalue weighted by molar-refractivity contribution is 6.00. The Morgan fingerprint density at radius 2 is 2.16 bits per heavy atom. The van der Waals surface area contributed by atoms with Gasteiger partial charge in [0.1, 0.15) is 12.6 Å². The second-order valence-corrected chi connectivity index (χ2v) is 4.46. The first-order valence-corrected chi connectivity index (χ1v) is 5.86. The van der Waals surface area contributed by atoms with Crippen LogP contribution in [-0.2, 0) is 9.59 Å². The molecule has 0 radical (unpaired) electrons. The minimum Gasteiger partial charge on any atom is -0.480 e. The highest BCUT2D eigenvalue weighted by atomic mass is 16.4. The Hall–Kier alpha value is -2.37. The molecule has 1 aromatic carbocycles. The monoisotopic (exact) mass is 262 g/mol. The van der Waals surface area contributed by atoms with E-state index in [0.717, 1.165) is 10.5 Å². The summed E-state index contributed by atoms with van der Waals surface area (Å²) >= 11 is 0. The number of amides is 2. The van der Waals surface area contributed by atoms with Crippen molar-refractivity contribution in [2.75, 3.05) is 13.1 Å². The first-order chi connectivity index (χ1) is 8.99. The van der Waals surface area contributed by atoms with Crippen LogP contribution in [0.15, 0.2) is 24.3 Å². The number of nitrogens with zero attached hydrogens (tertiary/aromatic N) is 1. The van der Waals surface area contributed by atoms with Gasteiger partial charge in [-0.05, 0) is 19.1 Å². The molecule has 0 spiro atoms. The fourth-order valence-electron chi connectivity index (χ4n) is 2.02. The third-order valence-corrected chi connectivity index (χ3v) is 2.99. The first-order valence-electron chi connectivity index (χ1n) is 5.86. The van der Waals surface area contributed by atoms with Crippen LogP contribution in [0.1, 0.15) is 15.9 Å². The van der Waals surface area contributed by atoms with E-state index < -0.39 is 17.9 Å². The van der Waals surface area contributed by atoms with Gasteiger partial charge < -0.3 is 15.3 Å². The summed E-state index contributed by atoms with van der Waals surface area (Å²) in [6.07, 6.45) is 0. The predicted octanol–water partition coefficient (Wildman–Crippen LogP) is 0.0202. The summed E-state index contributed by atoms with van der Waals surface area (Å²) < 4.78 is 0. The number of carbonyl (C=O) groups excluding carboxylic acids is 2. The molecule has 2 N–H and O–H groups in total. The number of piperazine rings is 1. The van der Waals surface area contributed by atoms with Crippen LogP contribution in [0.3, 0.4) is 0 Å². The molecule has 1 aliphatic heterocycles. The third-order valence-electron chi connectivity index (χ3n) is 2.99. The molecular formula is C13H14N2O4. The lowest BCUT2D eigenvalue weighted by atomic mass is 10.1. The molecule has 1 aliphatic rings. The minimum absolute atomic E-state index is 0.0638. The van der Waals surface area contributed by atoms with Crippen molar-refractivity contribution in [2.24, 2.45) is 0 Å². The Labute approximate surface area is 110 Å². The maximum atomic E-state index is 12.3. The van der Waals surface area contributed by atoms with E-state index in [0.29, 0.717) is 5.56 Å². The summed E-state index contributed by atoms with van der Waals surface area (Å²) in [4.78, 5) is 35.9. The first kappa shape index (κ1) is 13.1. The number of aliphatic carboxylic acids is 1. The van der Waals surface area contributed by atoms with Crippen LogP contribution in [0, 0.1) is 6.92 Å². The molecule has 1 saturated heterocycles. The third kappa shape index (κ3) is 2.73. The fraction of sp³-hybridized carbons (Fsp3) is 0.308. The van der Waals surface area contributed by atoms with Crippen molar-refractivity contribution in [3.8, 4) is 0 Å². The topological polar surface area (TPSA) is 86.7 Å². The number of hydrogen-bond acceptors (Lipinski definition) is 3. The molecule has 2 amide bonds.